The van der Waals surface area contributed by atoms with E-state index in [1.165, 1.54) is 0 Å². The maximum Gasteiger partial charge on any atom is 0.331 e. The van der Waals surface area contributed by atoms with Gasteiger partial charge in [0.2, 0.25) is 6.41 Å². The van der Waals surface area contributed by atoms with Crippen LogP contribution in [0.5, 0.6) is 0 Å². The van der Waals surface area contributed by atoms with E-state index in [1.54, 1.807) is 0 Å². The summed E-state index contributed by atoms with van der Waals surface area (Å²) in [4.78, 5) is 32.0. The summed E-state index contributed by atoms with van der Waals surface area (Å²) in [6.07, 6.45) is 2.24. The van der Waals surface area contributed by atoms with Crippen LogP contribution in [0.4, 0.5) is 0 Å². The highest BCUT2D eigenvalue weighted by Crippen LogP contribution is 2.00. The Hall–Kier alpha value is -2.63. The summed E-state index contributed by atoms with van der Waals surface area (Å²) in [5.41, 5.74) is 4.81. The number of benzene rings is 1. The molecule has 6 heteroatoms. The van der Waals surface area contributed by atoms with Gasteiger partial charge in [-0.15, -0.1) is 0 Å². The van der Waals surface area contributed by atoms with Gasteiger partial charge in [-0.3, -0.25) is 20.4 Å². The molecule has 0 heterocycles. The molecule has 1 rings (SSSR count). The van der Waals surface area contributed by atoms with Crippen LogP contribution in [0.2, 0.25) is 0 Å². The lowest BCUT2D eigenvalue weighted by atomic mass is 10.2. The van der Waals surface area contributed by atoms with Crippen LogP contribution >= 0.6 is 0 Å². The van der Waals surface area contributed by atoms with E-state index in [0.717, 1.165) is 17.7 Å². The second-order valence-electron chi connectivity index (χ2n) is 3.18. The van der Waals surface area contributed by atoms with Crippen LogP contribution in [0, 0.1) is 0 Å². The van der Waals surface area contributed by atoms with Gasteiger partial charge in [0, 0.05) is 12.2 Å². The molecule has 6 nitrogen and oxygen atoms in total. The molecule has 2 amide bonds. The Bertz CT molecular complexity index is 443. The molecule has 0 aliphatic carbocycles. The zero-order valence-electron chi connectivity index (χ0n) is 9.46. The van der Waals surface area contributed by atoms with E-state index >= 15 is 0 Å². The van der Waals surface area contributed by atoms with E-state index in [2.05, 4.69) is 0 Å². The molecule has 1 aromatic rings. The minimum atomic E-state index is -0.639. The third kappa shape index (κ3) is 5.45. The summed E-state index contributed by atoms with van der Waals surface area (Å²) < 4.78 is 4.89. The number of rotatable bonds is 6. The molecule has 18 heavy (non-hydrogen) atoms. The topological polar surface area (TPSA) is 84.5 Å². The Kier molecular flexibility index (Phi) is 5.68. The minimum Gasteiger partial charge on any atom is -0.458 e. The molecular formula is C12H12N2O4. The third-order valence-electron chi connectivity index (χ3n) is 1.85. The predicted molar refractivity (Wildman–Crippen MR) is 62.7 cm³/mol. The monoisotopic (exact) mass is 248 g/mol. The second kappa shape index (κ2) is 7.61. The summed E-state index contributed by atoms with van der Waals surface area (Å²) in [7, 11) is 0. The fraction of sp³-hybridized carbons (Fsp3) is 0.0833. The first-order chi connectivity index (χ1) is 8.72. The fourth-order valence-electron chi connectivity index (χ4n) is 1.06. The molecule has 0 atom stereocenters. The zero-order chi connectivity index (χ0) is 13.2. The molecule has 2 N–H and O–H groups in total. The van der Waals surface area contributed by atoms with Crippen LogP contribution in [0.25, 0.3) is 0 Å². The first-order valence-corrected chi connectivity index (χ1v) is 5.10. The second-order valence-corrected chi connectivity index (χ2v) is 3.18. The highest BCUT2D eigenvalue weighted by Gasteiger charge is 2.00. The van der Waals surface area contributed by atoms with Crippen molar-refractivity contribution in [1.29, 1.82) is 0 Å². The minimum absolute atomic E-state index is 0.137. The first-order valence-electron chi connectivity index (χ1n) is 5.10. The van der Waals surface area contributed by atoms with E-state index in [9.17, 15) is 14.4 Å². The van der Waals surface area contributed by atoms with Crippen molar-refractivity contribution in [2.24, 2.45) is 0 Å². The molecule has 0 saturated heterocycles. The summed E-state index contributed by atoms with van der Waals surface area (Å²) >= 11 is 0. The Morgan fingerprint density at radius 1 is 1.17 bits per heavy atom. The van der Waals surface area contributed by atoms with Gasteiger partial charge in [0.05, 0.1) is 0 Å². The van der Waals surface area contributed by atoms with Gasteiger partial charge in [-0.25, -0.2) is 4.79 Å². The zero-order valence-corrected chi connectivity index (χ0v) is 9.46. The molecule has 0 radical (unpaired) electrons. The van der Waals surface area contributed by atoms with Gasteiger partial charge in [0.1, 0.15) is 6.61 Å². The van der Waals surface area contributed by atoms with Gasteiger partial charge >= 0.3 is 5.97 Å². The molecule has 94 valence electrons. The normalized spacial score (nSPS) is 9.78. The van der Waals surface area contributed by atoms with E-state index in [-0.39, 0.29) is 6.61 Å². The third-order valence-corrected chi connectivity index (χ3v) is 1.85. The van der Waals surface area contributed by atoms with Gasteiger partial charge in [-0.1, -0.05) is 30.3 Å². The van der Waals surface area contributed by atoms with Gasteiger partial charge < -0.3 is 4.74 Å². The molecule has 0 aromatic heterocycles. The molecule has 0 aliphatic rings. The molecule has 0 spiro atoms. The maximum atomic E-state index is 11.2. The van der Waals surface area contributed by atoms with E-state index < -0.39 is 11.9 Å². The molecule has 0 aliphatic heterocycles. The van der Waals surface area contributed by atoms with Crippen molar-refractivity contribution >= 4 is 18.3 Å². The standard InChI is InChI=1S/C12H12N2O4/c15-9-13-14-11(16)6-7-12(17)18-8-10-4-2-1-3-5-10/h1-7,9H,8H2,(H,13,15)(H,14,16)/b7-6+. The summed E-state index contributed by atoms with van der Waals surface area (Å²) in [6.45, 7) is 0.137. The van der Waals surface area contributed by atoms with Crippen LogP contribution in [-0.4, -0.2) is 18.3 Å². The van der Waals surface area contributed by atoms with Crippen molar-refractivity contribution in [3.63, 3.8) is 0 Å². The lowest BCUT2D eigenvalue weighted by molar-refractivity contribution is -0.139. The summed E-state index contributed by atoms with van der Waals surface area (Å²) in [6, 6.07) is 9.15. The lowest BCUT2D eigenvalue weighted by Crippen LogP contribution is -2.35. The predicted octanol–water partition coefficient (Wildman–Crippen LogP) is 0.0632. The number of hydrogen-bond acceptors (Lipinski definition) is 4. The van der Waals surface area contributed by atoms with Crippen LogP contribution in [0.15, 0.2) is 42.5 Å². The van der Waals surface area contributed by atoms with Crippen molar-refractivity contribution in [2.45, 2.75) is 6.61 Å². The smallest absolute Gasteiger partial charge is 0.331 e. The van der Waals surface area contributed by atoms with Gasteiger partial charge in [-0.05, 0) is 5.56 Å². The van der Waals surface area contributed by atoms with Crippen LogP contribution in [0.3, 0.4) is 0 Å². The number of amides is 2. The number of hydrogen-bond donors (Lipinski definition) is 2. The number of ether oxygens (including phenoxy) is 1. The number of esters is 1. The van der Waals surface area contributed by atoms with Gasteiger partial charge in [-0.2, -0.15) is 0 Å². The molecule has 1 aromatic carbocycles. The SMILES string of the molecule is O=CNNC(=O)/C=C/C(=O)OCc1ccccc1. The Morgan fingerprint density at radius 2 is 1.89 bits per heavy atom. The Morgan fingerprint density at radius 3 is 2.56 bits per heavy atom. The number of hydrazine groups is 1. The highest BCUT2D eigenvalue weighted by molar-refractivity contribution is 5.94. The van der Waals surface area contributed by atoms with E-state index in [1.807, 2.05) is 41.2 Å². The largest absolute Gasteiger partial charge is 0.458 e. The quantitative estimate of drug-likeness (QED) is 0.323. The molecule has 0 bridgehead atoms. The van der Waals surface area contributed by atoms with Crippen molar-refractivity contribution in [1.82, 2.24) is 10.9 Å². The van der Waals surface area contributed by atoms with Crippen LogP contribution in [-0.2, 0) is 25.7 Å². The molecule has 0 saturated carbocycles. The molecular weight excluding hydrogens is 236 g/mol. The Balaban J connectivity index is 2.31. The number of nitrogens with one attached hydrogen (secondary N) is 2. The van der Waals surface area contributed by atoms with E-state index in [0.29, 0.717) is 6.41 Å². The summed E-state index contributed by atoms with van der Waals surface area (Å²) in [5.74, 6) is -1.26. The Labute approximate surface area is 104 Å². The van der Waals surface area contributed by atoms with E-state index in [4.69, 9.17) is 4.74 Å². The average Bonchev–Trinajstić information content (AvgIpc) is 2.41. The first kappa shape index (κ1) is 13.4. The van der Waals surface area contributed by atoms with Crippen LogP contribution in [0.1, 0.15) is 5.56 Å². The molecule has 0 fully saturated rings. The van der Waals surface area contributed by atoms with Crippen molar-refractivity contribution < 1.29 is 19.1 Å². The average molecular weight is 248 g/mol. The van der Waals surface area contributed by atoms with Crippen LogP contribution < -0.4 is 10.9 Å². The fourth-order valence-corrected chi connectivity index (χ4v) is 1.06. The maximum absolute atomic E-state index is 11.2. The van der Waals surface area contributed by atoms with Crippen molar-refractivity contribution in [3.8, 4) is 0 Å². The number of carbonyl (C=O) groups is 3. The van der Waals surface area contributed by atoms with Gasteiger partial charge in [0.15, 0.2) is 0 Å². The summed E-state index contributed by atoms with van der Waals surface area (Å²) in [5, 5.41) is 0. The highest BCUT2D eigenvalue weighted by atomic mass is 16.5. The molecule has 0 unspecified atom stereocenters. The number of carbonyl (C=O) groups excluding carboxylic acids is 3. The lowest BCUT2D eigenvalue weighted by Gasteiger charge is -2.01. The van der Waals surface area contributed by atoms with Crippen molar-refractivity contribution in [3.05, 3.63) is 48.0 Å². The van der Waals surface area contributed by atoms with Gasteiger partial charge in [0.25, 0.3) is 5.91 Å². The van der Waals surface area contributed by atoms with Crippen molar-refractivity contribution in [2.75, 3.05) is 0 Å².